The quantitative estimate of drug-likeness (QED) is 0.704. The molecular formula is C16H22O7. The Morgan fingerprint density at radius 1 is 1.22 bits per heavy atom. The molecule has 0 spiro atoms. The van der Waals surface area contributed by atoms with Gasteiger partial charge in [0.15, 0.2) is 6.10 Å². The molecule has 23 heavy (non-hydrogen) atoms. The molecule has 4 fully saturated rings. The number of ether oxygens (including phenoxy) is 5. The fourth-order valence-electron chi connectivity index (χ4n) is 4.22. The minimum atomic E-state index is -1.15. The van der Waals surface area contributed by atoms with Crippen LogP contribution in [0.3, 0.4) is 0 Å². The first kappa shape index (κ1) is 15.5. The van der Waals surface area contributed by atoms with E-state index in [9.17, 15) is 9.59 Å². The summed E-state index contributed by atoms with van der Waals surface area (Å²) in [6, 6.07) is 0. The zero-order chi connectivity index (χ0) is 16.2. The number of Topliss-reactive ketones (excluding diaryl/α,β-unsaturated/α-hetero) is 1. The summed E-state index contributed by atoms with van der Waals surface area (Å²) in [7, 11) is 1.37. The molecule has 128 valence electrons. The zero-order valence-electron chi connectivity index (χ0n) is 13.4. The SMILES string of the molecule is CCC[C@@]12O[C@H]3[C@H]4O[C@@H](CC(=O)OC)CC[C@@H]4O[C@@H](C1=O)[C@H]3O2. The van der Waals surface area contributed by atoms with Crippen LogP contribution in [0.25, 0.3) is 0 Å². The van der Waals surface area contributed by atoms with Crippen LogP contribution < -0.4 is 0 Å². The van der Waals surface area contributed by atoms with Crippen molar-refractivity contribution in [3.05, 3.63) is 0 Å². The van der Waals surface area contributed by atoms with Crippen LogP contribution in [0.15, 0.2) is 0 Å². The number of carbonyl (C=O) groups excluding carboxylic acids is 2. The summed E-state index contributed by atoms with van der Waals surface area (Å²) in [6.45, 7) is 1.99. The van der Waals surface area contributed by atoms with Gasteiger partial charge in [-0.2, -0.15) is 0 Å². The predicted octanol–water partition coefficient (Wildman–Crippen LogP) is 0.728. The summed E-state index contributed by atoms with van der Waals surface area (Å²) < 4.78 is 28.7. The second-order valence-corrected chi connectivity index (χ2v) is 6.71. The number of ketones is 1. The summed E-state index contributed by atoms with van der Waals surface area (Å²) in [6.07, 6.45) is 1.06. The summed E-state index contributed by atoms with van der Waals surface area (Å²) >= 11 is 0. The van der Waals surface area contributed by atoms with Gasteiger partial charge in [-0.1, -0.05) is 13.3 Å². The smallest absolute Gasteiger partial charge is 0.308 e. The van der Waals surface area contributed by atoms with E-state index in [0.717, 1.165) is 12.8 Å². The number of hydrogen-bond donors (Lipinski definition) is 0. The average Bonchev–Trinajstić information content (AvgIpc) is 3.05. The third-order valence-electron chi connectivity index (χ3n) is 5.24. The first-order valence-corrected chi connectivity index (χ1v) is 8.35. The second-order valence-electron chi connectivity index (χ2n) is 6.71. The molecule has 4 saturated heterocycles. The van der Waals surface area contributed by atoms with E-state index < -0.39 is 18.0 Å². The molecule has 7 heteroatoms. The van der Waals surface area contributed by atoms with Gasteiger partial charge in [-0.15, -0.1) is 0 Å². The molecule has 0 N–H and O–H groups in total. The van der Waals surface area contributed by atoms with Crippen LogP contribution in [0, 0.1) is 0 Å². The monoisotopic (exact) mass is 326 g/mol. The Labute approximate surface area is 134 Å². The van der Waals surface area contributed by atoms with Gasteiger partial charge in [0.1, 0.15) is 18.3 Å². The number of methoxy groups -OCH3 is 1. The molecule has 0 aromatic carbocycles. The Balaban J connectivity index is 1.51. The van der Waals surface area contributed by atoms with Gasteiger partial charge in [0.25, 0.3) is 0 Å². The molecule has 0 radical (unpaired) electrons. The van der Waals surface area contributed by atoms with Crippen molar-refractivity contribution >= 4 is 11.8 Å². The van der Waals surface area contributed by atoms with Gasteiger partial charge in [0, 0.05) is 6.42 Å². The van der Waals surface area contributed by atoms with Crippen molar-refractivity contribution in [2.24, 2.45) is 0 Å². The van der Waals surface area contributed by atoms with E-state index in [2.05, 4.69) is 0 Å². The maximum absolute atomic E-state index is 12.5. The summed E-state index contributed by atoms with van der Waals surface area (Å²) in [5.74, 6) is -1.53. The lowest BCUT2D eigenvalue weighted by atomic mass is 9.85. The highest BCUT2D eigenvalue weighted by atomic mass is 16.8. The van der Waals surface area contributed by atoms with Gasteiger partial charge in [-0.3, -0.25) is 9.59 Å². The minimum absolute atomic E-state index is 0.0873. The van der Waals surface area contributed by atoms with Gasteiger partial charge in [-0.05, 0) is 12.8 Å². The van der Waals surface area contributed by atoms with Crippen LogP contribution in [-0.2, 0) is 33.3 Å². The largest absolute Gasteiger partial charge is 0.469 e. The number of fused-ring (bicyclic) bond motifs is 3. The topological polar surface area (TPSA) is 80.3 Å². The van der Waals surface area contributed by atoms with Crippen molar-refractivity contribution in [2.75, 3.05) is 7.11 Å². The van der Waals surface area contributed by atoms with Crippen molar-refractivity contribution in [2.45, 2.75) is 81.4 Å². The van der Waals surface area contributed by atoms with Gasteiger partial charge < -0.3 is 23.7 Å². The van der Waals surface area contributed by atoms with Crippen molar-refractivity contribution in [1.82, 2.24) is 0 Å². The Morgan fingerprint density at radius 3 is 2.74 bits per heavy atom. The molecule has 4 aliphatic rings. The Kier molecular flexibility index (Phi) is 3.72. The van der Waals surface area contributed by atoms with Gasteiger partial charge in [-0.25, -0.2) is 0 Å². The number of carbonyl (C=O) groups is 2. The highest BCUT2D eigenvalue weighted by molar-refractivity contribution is 5.93. The molecule has 4 aliphatic heterocycles. The van der Waals surface area contributed by atoms with E-state index in [0.29, 0.717) is 12.8 Å². The van der Waals surface area contributed by atoms with Crippen molar-refractivity contribution < 1.29 is 33.3 Å². The Hall–Kier alpha value is -1.02. The predicted molar refractivity (Wildman–Crippen MR) is 75.6 cm³/mol. The van der Waals surface area contributed by atoms with Crippen molar-refractivity contribution in [1.29, 1.82) is 0 Å². The van der Waals surface area contributed by atoms with Crippen LogP contribution in [0.4, 0.5) is 0 Å². The Morgan fingerprint density at radius 2 is 2.00 bits per heavy atom. The van der Waals surface area contributed by atoms with Gasteiger partial charge in [0.05, 0.1) is 25.7 Å². The highest BCUT2D eigenvalue weighted by Gasteiger charge is 2.70. The summed E-state index contributed by atoms with van der Waals surface area (Å²) in [5, 5.41) is 0. The number of rotatable bonds is 4. The van der Waals surface area contributed by atoms with Gasteiger partial charge in [0.2, 0.25) is 11.6 Å². The van der Waals surface area contributed by atoms with E-state index in [1.165, 1.54) is 7.11 Å². The normalized spacial score (nSPS) is 47.5. The standard InChI is InChI=1S/C16H22O7/c1-3-6-16-15(18)14-13(23-16)12(22-16)11-9(21-14)5-4-8(20-11)7-10(17)19-2/h8-9,11-14H,3-7H2,1-2H3/t8-,9+,11+,12+,13+,14-,16+/m1/s1. The molecule has 2 bridgehead atoms. The van der Waals surface area contributed by atoms with E-state index in [-0.39, 0.29) is 42.6 Å². The molecule has 0 unspecified atom stereocenters. The highest BCUT2D eigenvalue weighted by Crippen LogP contribution is 2.50. The van der Waals surface area contributed by atoms with Crippen LogP contribution >= 0.6 is 0 Å². The lowest BCUT2D eigenvalue weighted by Gasteiger charge is -2.47. The molecule has 0 saturated carbocycles. The molecule has 7 nitrogen and oxygen atoms in total. The van der Waals surface area contributed by atoms with E-state index in [4.69, 9.17) is 23.7 Å². The molecule has 0 aromatic heterocycles. The van der Waals surface area contributed by atoms with Crippen LogP contribution in [0.2, 0.25) is 0 Å². The molecule has 0 aromatic rings. The summed E-state index contributed by atoms with van der Waals surface area (Å²) in [5.41, 5.74) is 0. The Bertz CT molecular complexity index is 521. The van der Waals surface area contributed by atoms with E-state index in [1.807, 2.05) is 6.92 Å². The molecule has 4 rings (SSSR count). The van der Waals surface area contributed by atoms with E-state index in [1.54, 1.807) is 0 Å². The fourth-order valence-corrected chi connectivity index (χ4v) is 4.22. The number of esters is 1. The van der Waals surface area contributed by atoms with Crippen molar-refractivity contribution in [3.63, 3.8) is 0 Å². The first-order chi connectivity index (χ1) is 11.1. The molecule has 0 amide bonds. The van der Waals surface area contributed by atoms with Crippen LogP contribution in [0.5, 0.6) is 0 Å². The first-order valence-electron chi connectivity index (χ1n) is 8.35. The minimum Gasteiger partial charge on any atom is -0.469 e. The molecule has 7 atom stereocenters. The molecule has 4 heterocycles. The number of hydrogen-bond acceptors (Lipinski definition) is 7. The fraction of sp³-hybridized carbons (Fsp3) is 0.875. The maximum Gasteiger partial charge on any atom is 0.308 e. The summed E-state index contributed by atoms with van der Waals surface area (Å²) in [4.78, 5) is 24.0. The third kappa shape index (κ3) is 2.25. The molecule has 0 aliphatic carbocycles. The average molecular weight is 326 g/mol. The van der Waals surface area contributed by atoms with Gasteiger partial charge >= 0.3 is 5.97 Å². The zero-order valence-corrected chi connectivity index (χ0v) is 13.4. The lowest BCUT2D eigenvalue weighted by molar-refractivity contribution is -0.254. The molecular weight excluding hydrogens is 304 g/mol. The van der Waals surface area contributed by atoms with Crippen molar-refractivity contribution in [3.8, 4) is 0 Å². The van der Waals surface area contributed by atoms with E-state index >= 15 is 0 Å². The second kappa shape index (κ2) is 5.51. The van der Waals surface area contributed by atoms with Crippen LogP contribution in [-0.4, -0.2) is 61.3 Å². The lowest BCUT2D eigenvalue weighted by Crippen LogP contribution is -2.64. The third-order valence-corrected chi connectivity index (χ3v) is 5.24. The maximum atomic E-state index is 12.5. The van der Waals surface area contributed by atoms with Crippen LogP contribution in [0.1, 0.15) is 39.0 Å².